The summed E-state index contributed by atoms with van der Waals surface area (Å²) in [6.07, 6.45) is -0.133. The molecule has 0 aliphatic carbocycles. The third-order valence-electron chi connectivity index (χ3n) is 4.14. The first-order valence-electron chi connectivity index (χ1n) is 9.80. The normalized spacial score (nSPS) is 13.1. The molecule has 0 radical (unpaired) electrons. The lowest BCUT2D eigenvalue weighted by Crippen LogP contribution is -2.45. The Hall–Kier alpha value is -1.72. The van der Waals surface area contributed by atoms with Crippen LogP contribution in [0.25, 0.3) is 0 Å². The minimum absolute atomic E-state index is 0.0101. The molecule has 0 aromatic heterocycles. The van der Waals surface area contributed by atoms with E-state index in [1.165, 1.54) is 6.92 Å². The van der Waals surface area contributed by atoms with Crippen LogP contribution in [0.1, 0.15) is 94.9 Å². The summed E-state index contributed by atoms with van der Waals surface area (Å²) in [4.78, 5) is 50.2. The number of carbonyl (C=O) groups is 4. The van der Waals surface area contributed by atoms with Gasteiger partial charge in [0.2, 0.25) is 0 Å². The lowest BCUT2D eigenvalue weighted by molar-refractivity contribution is -0.157. The van der Waals surface area contributed by atoms with E-state index < -0.39 is 34.0 Å². The van der Waals surface area contributed by atoms with Gasteiger partial charge in [-0.2, -0.15) is 0 Å². The number of hydrogen-bond acceptors (Lipinski definition) is 6. The molecular weight excluding hydrogens is 360 g/mol. The fourth-order valence-electron chi connectivity index (χ4n) is 3.00. The van der Waals surface area contributed by atoms with Crippen molar-refractivity contribution in [2.45, 2.75) is 106 Å². The van der Waals surface area contributed by atoms with E-state index >= 15 is 0 Å². The molecule has 0 aliphatic rings. The van der Waals surface area contributed by atoms with E-state index in [1.807, 2.05) is 0 Å². The highest BCUT2D eigenvalue weighted by molar-refractivity contribution is 6.08. The second-order valence-electron chi connectivity index (χ2n) is 10.4. The van der Waals surface area contributed by atoms with Crippen molar-refractivity contribution in [3.05, 3.63) is 0 Å². The standard InChI is InChI=1S/C22H38O6/c1-15(23)22(18(26)19(2,3)4,13-11-16(24)27-20(5,6)7)14-12-17(25)28-21(8,9)10/h11-14H2,1-10H3. The zero-order valence-corrected chi connectivity index (χ0v) is 19.3. The molecular formula is C22H38O6. The Morgan fingerprint density at radius 1 is 0.643 bits per heavy atom. The van der Waals surface area contributed by atoms with Gasteiger partial charge in [-0.05, 0) is 61.3 Å². The van der Waals surface area contributed by atoms with Crippen LogP contribution in [-0.2, 0) is 28.7 Å². The molecule has 0 rings (SSSR count). The van der Waals surface area contributed by atoms with Crippen LogP contribution in [0.15, 0.2) is 0 Å². The first-order valence-corrected chi connectivity index (χ1v) is 9.80. The minimum Gasteiger partial charge on any atom is -0.460 e. The molecule has 162 valence electrons. The zero-order valence-electron chi connectivity index (χ0n) is 19.3. The van der Waals surface area contributed by atoms with Crippen molar-refractivity contribution in [1.29, 1.82) is 0 Å². The number of ether oxygens (including phenoxy) is 2. The highest BCUT2D eigenvalue weighted by atomic mass is 16.6. The number of hydrogen-bond donors (Lipinski definition) is 0. The smallest absolute Gasteiger partial charge is 0.306 e. The van der Waals surface area contributed by atoms with Gasteiger partial charge in [-0.25, -0.2) is 0 Å². The van der Waals surface area contributed by atoms with Crippen LogP contribution in [0, 0.1) is 10.8 Å². The summed E-state index contributed by atoms with van der Waals surface area (Å²) in [6, 6.07) is 0. The highest BCUT2D eigenvalue weighted by Crippen LogP contribution is 2.39. The van der Waals surface area contributed by atoms with E-state index in [4.69, 9.17) is 9.47 Å². The third kappa shape index (κ3) is 8.98. The molecule has 0 N–H and O–H groups in total. The van der Waals surface area contributed by atoms with Gasteiger partial charge < -0.3 is 9.47 Å². The Kier molecular flexibility index (Phi) is 8.62. The van der Waals surface area contributed by atoms with Gasteiger partial charge in [0.25, 0.3) is 0 Å². The predicted molar refractivity (Wildman–Crippen MR) is 108 cm³/mol. The van der Waals surface area contributed by atoms with E-state index in [0.717, 1.165) is 0 Å². The van der Waals surface area contributed by atoms with E-state index in [9.17, 15) is 19.2 Å². The van der Waals surface area contributed by atoms with Crippen molar-refractivity contribution in [3.63, 3.8) is 0 Å². The molecule has 0 amide bonds. The SMILES string of the molecule is CC(=O)C(CCC(=O)OC(C)(C)C)(CCC(=O)OC(C)(C)C)C(=O)C(C)(C)C. The predicted octanol–water partition coefficient (Wildman–Crippen LogP) is 4.42. The van der Waals surface area contributed by atoms with Crippen molar-refractivity contribution < 1.29 is 28.7 Å². The molecule has 0 spiro atoms. The molecule has 0 bridgehead atoms. The van der Waals surface area contributed by atoms with Gasteiger partial charge in [0.05, 0.1) is 5.41 Å². The molecule has 0 saturated heterocycles. The van der Waals surface area contributed by atoms with Gasteiger partial charge in [0.1, 0.15) is 17.0 Å². The summed E-state index contributed by atoms with van der Waals surface area (Å²) >= 11 is 0. The lowest BCUT2D eigenvalue weighted by Gasteiger charge is -2.35. The topological polar surface area (TPSA) is 86.7 Å². The van der Waals surface area contributed by atoms with Gasteiger partial charge in [0.15, 0.2) is 5.78 Å². The van der Waals surface area contributed by atoms with Crippen molar-refractivity contribution in [2.75, 3.05) is 0 Å². The van der Waals surface area contributed by atoms with Crippen molar-refractivity contribution in [3.8, 4) is 0 Å². The van der Waals surface area contributed by atoms with Gasteiger partial charge in [-0.3, -0.25) is 19.2 Å². The molecule has 0 unspecified atom stereocenters. The second-order valence-corrected chi connectivity index (χ2v) is 10.4. The fraction of sp³-hybridized carbons (Fsp3) is 0.818. The Morgan fingerprint density at radius 3 is 1.18 bits per heavy atom. The number of Topliss-reactive ketones (excluding diaryl/α,β-unsaturated/α-hetero) is 2. The molecule has 0 heterocycles. The monoisotopic (exact) mass is 398 g/mol. The molecule has 6 nitrogen and oxygen atoms in total. The first kappa shape index (κ1) is 26.3. The van der Waals surface area contributed by atoms with Crippen LogP contribution >= 0.6 is 0 Å². The number of ketones is 2. The molecule has 0 atom stereocenters. The van der Waals surface area contributed by atoms with Crippen LogP contribution in [0.5, 0.6) is 0 Å². The summed E-state index contributed by atoms with van der Waals surface area (Å²) in [5, 5.41) is 0. The van der Waals surface area contributed by atoms with Crippen LogP contribution in [-0.4, -0.2) is 34.7 Å². The van der Waals surface area contributed by atoms with Crippen LogP contribution < -0.4 is 0 Å². The van der Waals surface area contributed by atoms with Crippen molar-refractivity contribution in [1.82, 2.24) is 0 Å². The van der Waals surface area contributed by atoms with Gasteiger partial charge in [-0.1, -0.05) is 20.8 Å². The molecule has 0 saturated carbocycles. The molecule has 0 aliphatic heterocycles. The second kappa shape index (κ2) is 9.19. The lowest BCUT2D eigenvalue weighted by atomic mass is 9.65. The average Bonchev–Trinajstić information content (AvgIpc) is 2.42. The molecule has 0 fully saturated rings. The summed E-state index contributed by atoms with van der Waals surface area (Å²) < 4.78 is 10.6. The maximum Gasteiger partial charge on any atom is 0.306 e. The first-order chi connectivity index (χ1) is 12.3. The number of esters is 2. The van der Waals surface area contributed by atoms with Gasteiger partial charge in [0, 0.05) is 18.3 Å². The summed E-state index contributed by atoms with van der Waals surface area (Å²) in [5.74, 6) is -1.58. The molecule has 0 aromatic rings. The summed E-state index contributed by atoms with van der Waals surface area (Å²) in [6.45, 7) is 17.1. The Labute approximate surface area is 169 Å². The Bertz CT molecular complexity index is 564. The minimum atomic E-state index is -1.42. The van der Waals surface area contributed by atoms with Crippen molar-refractivity contribution >= 4 is 23.5 Å². The fourth-order valence-corrected chi connectivity index (χ4v) is 3.00. The van der Waals surface area contributed by atoms with E-state index in [0.29, 0.717) is 0 Å². The Morgan fingerprint density at radius 2 is 0.964 bits per heavy atom. The molecule has 0 aromatic carbocycles. The maximum absolute atomic E-state index is 13.2. The zero-order chi connectivity index (χ0) is 22.6. The van der Waals surface area contributed by atoms with E-state index in [-0.39, 0.29) is 37.2 Å². The van der Waals surface area contributed by atoms with Crippen molar-refractivity contribution in [2.24, 2.45) is 10.8 Å². The van der Waals surface area contributed by atoms with Crippen LogP contribution in [0.3, 0.4) is 0 Å². The summed E-state index contributed by atoms with van der Waals surface area (Å²) in [5.41, 5.74) is -3.53. The quantitative estimate of drug-likeness (QED) is 0.444. The Balaban J connectivity index is 5.62. The van der Waals surface area contributed by atoms with Crippen LogP contribution in [0.4, 0.5) is 0 Å². The molecule has 28 heavy (non-hydrogen) atoms. The highest BCUT2D eigenvalue weighted by Gasteiger charge is 2.47. The summed E-state index contributed by atoms with van der Waals surface area (Å²) in [7, 11) is 0. The third-order valence-corrected chi connectivity index (χ3v) is 4.14. The number of rotatable bonds is 8. The van der Waals surface area contributed by atoms with E-state index in [1.54, 1.807) is 62.3 Å². The largest absolute Gasteiger partial charge is 0.460 e. The van der Waals surface area contributed by atoms with Gasteiger partial charge in [-0.15, -0.1) is 0 Å². The van der Waals surface area contributed by atoms with E-state index in [2.05, 4.69) is 0 Å². The molecule has 6 heteroatoms. The van der Waals surface area contributed by atoms with Crippen LogP contribution in [0.2, 0.25) is 0 Å². The van der Waals surface area contributed by atoms with Gasteiger partial charge >= 0.3 is 11.9 Å². The number of carbonyl (C=O) groups excluding carboxylic acids is 4. The maximum atomic E-state index is 13.2. The average molecular weight is 399 g/mol.